The summed E-state index contributed by atoms with van der Waals surface area (Å²) >= 11 is 1.78. The topological polar surface area (TPSA) is 33.0 Å². The minimum Gasteiger partial charge on any atom is -0.490 e. The van der Waals surface area contributed by atoms with Gasteiger partial charge in [-0.05, 0) is 84.5 Å². The Balaban J connectivity index is 1.69. The van der Waals surface area contributed by atoms with Gasteiger partial charge < -0.3 is 4.74 Å². The predicted molar refractivity (Wildman–Crippen MR) is 108 cm³/mol. The van der Waals surface area contributed by atoms with E-state index >= 15 is 0 Å². The van der Waals surface area contributed by atoms with E-state index in [0.29, 0.717) is 11.3 Å². The Morgan fingerprint density at radius 1 is 1.08 bits per heavy atom. The summed E-state index contributed by atoms with van der Waals surface area (Å²) in [5, 5.41) is 11.6. The summed E-state index contributed by atoms with van der Waals surface area (Å²) in [4.78, 5) is 1.31. The Labute approximate surface area is 158 Å². The van der Waals surface area contributed by atoms with Gasteiger partial charge in [-0.25, -0.2) is 0 Å². The van der Waals surface area contributed by atoms with Gasteiger partial charge in [-0.2, -0.15) is 5.26 Å². The zero-order chi connectivity index (χ0) is 18.1. The summed E-state index contributed by atoms with van der Waals surface area (Å²) < 4.78 is 5.73. The molecule has 26 heavy (non-hydrogen) atoms. The molecule has 2 aromatic carbocycles. The van der Waals surface area contributed by atoms with Gasteiger partial charge in [0.1, 0.15) is 11.8 Å². The first-order valence-corrected chi connectivity index (χ1v) is 9.94. The summed E-state index contributed by atoms with van der Waals surface area (Å²) in [5.74, 6) is 0.655. The molecule has 0 spiro atoms. The van der Waals surface area contributed by atoms with Gasteiger partial charge in [-0.15, -0.1) is 11.3 Å². The highest BCUT2D eigenvalue weighted by Crippen LogP contribution is 2.38. The van der Waals surface area contributed by atoms with Crippen molar-refractivity contribution >= 4 is 11.3 Å². The van der Waals surface area contributed by atoms with Gasteiger partial charge in [0.05, 0.1) is 11.7 Å². The second-order valence-electron chi connectivity index (χ2n) is 6.99. The molecule has 3 heteroatoms. The molecule has 3 aromatic rings. The van der Waals surface area contributed by atoms with Gasteiger partial charge in [0, 0.05) is 4.88 Å². The first-order valence-electron chi connectivity index (χ1n) is 9.06. The van der Waals surface area contributed by atoms with Crippen molar-refractivity contribution in [2.45, 2.75) is 39.2 Å². The molecule has 0 bridgehead atoms. The van der Waals surface area contributed by atoms with E-state index in [1.807, 2.05) is 32.0 Å². The molecule has 4 rings (SSSR count). The van der Waals surface area contributed by atoms with Crippen molar-refractivity contribution in [3.63, 3.8) is 0 Å². The van der Waals surface area contributed by atoms with Crippen molar-refractivity contribution in [2.75, 3.05) is 0 Å². The lowest BCUT2D eigenvalue weighted by atomic mass is 10.0. The van der Waals surface area contributed by atoms with E-state index in [0.717, 1.165) is 11.1 Å². The molecule has 1 aliphatic carbocycles. The maximum Gasteiger partial charge on any atom is 0.137 e. The third kappa shape index (κ3) is 3.13. The van der Waals surface area contributed by atoms with Gasteiger partial charge in [0.25, 0.3) is 0 Å². The maximum atomic E-state index is 9.46. The van der Waals surface area contributed by atoms with Crippen LogP contribution in [0.15, 0.2) is 47.8 Å². The third-order valence-electron chi connectivity index (χ3n) is 4.81. The number of thiophene rings is 1. The highest BCUT2D eigenvalue weighted by molar-refractivity contribution is 7.14. The van der Waals surface area contributed by atoms with Gasteiger partial charge in [-0.1, -0.05) is 24.3 Å². The first kappa shape index (κ1) is 16.9. The van der Waals surface area contributed by atoms with Gasteiger partial charge in [-0.3, -0.25) is 0 Å². The van der Waals surface area contributed by atoms with Crippen molar-refractivity contribution in [3.05, 3.63) is 64.5 Å². The molecule has 1 aliphatic rings. The van der Waals surface area contributed by atoms with Crippen LogP contribution < -0.4 is 4.74 Å². The van der Waals surface area contributed by atoms with Crippen molar-refractivity contribution in [2.24, 2.45) is 0 Å². The van der Waals surface area contributed by atoms with Gasteiger partial charge in [0.15, 0.2) is 0 Å². The number of nitriles is 1. The van der Waals surface area contributed by atoms with Crippen LogP contribution in [0.4, 0.5) is 0 Å². The summed E-state index contributed by atoms with van der Waals surface area (Å²) in [6.45, 7) is 3.94. The van der Waals surface area contributed by atoms with Crippen molar-refractivity contribution < 1.29 is 4.74 Å². The van der Waals surface area contributed by atoms with Crippen molar-refractivity contribution in [3.8, 4) is 33.4 Å². The summed E-state index contributed by atoms with van der Waals surface area (Å²) in [5.41, 5.74) is 7.20. The molecule has 0 aliphatic heterocycles. The smallest absolute Gasteiger partial charge is 0.137 e. The van der Waals surface area contributed by atoms with Crippen LogP contribution in [0, 0.1) is 11.3 Å². The van der Waals surface area contributed by atoms with E-state index in [1.54, 1.807) is 11.3 Å². The van der Waals surface area contributed by atoms with E-state index in [-0.39, 0.29) is 6.10 Å². The highest BCUT2D eigenvalue weighted by atomic mass is 32.1. The first-order chi connectivity index (χ1) is 12.7. The van der Waals surface area contributed by atoms with Crippen LogP contribution in [0.2, 0.25) is 0 Å². The fraction of sp³-hybridized carbons (Fsp3) is 0.261. The Morgan fingerprint density at radius 3 is 2.77 bits per heavy atom. The summed E-state index contributed by atoms with van der Waals surface area (Å²) in [6.07, 6.45) is 3.69. The number of fused-ring (bicyclic) bond motifs is 1. The van der Waals surface area contributed by atoms with E-state index in [9.17, 15) is 5.26 Å². The molecule has 0 atom stereocenters. The molecule has 0 saturated carbocycles. The maximum absolute atomic E-state index is 9.46. The number of benzene rings is 2. The number of rotatable bonds is 4. The van der Waals surface area contributed by atoms with Crippen LogP contribution in [-0.4, -0.2) is 6.10 Å². The Morgan fingerprint density at radius 2 is 1.96 bits per heavy atom. The summed E-state index contributed by atoms with van der Waals surface area (Å²) in [6, 6.07) is 17.1. The lowest BCUT2D eigenvalue weighted by Crippen LogP contribution is -2.06. The molecule has 0 unspecified atom stereocenters. The second kappa shape index (κ2) is 6.97. The Hall–Kier alpha value is -2.57. The minimum absolute atomic E-state index is 0.0564. The van der Waals surface area contributed by atoms with E-state index in [2.05, 4.69) is 35.7 Å². The second-order valence-corrected chi connectivity index (χ2v) is 7.90. The number of hydrogen-bond donors (Lipinski definition) is 0. The Kier molecular flexibility index (Phi) is 4.53. The number of nitrogens with zero attached hydrogens (tertiary/aromatic N) is 1. The van der Waals surface area contributed by atoms with Crippen LogP contribution in [0.25, 0.3) is 21.6 Å². The summed E-state index contributed by atoms with van der Waals surface area (Å²) in [7, 11) is 0. The number of aryl methyl sites for hydroxylation is 1. The fourth-order valence-corrected chi connectivity index (χ4v) is 4.60. The number of ether oxygens (including phenoxy) is 1. The normalized spacial score (nSPS) is 12.8. The Bertz CT molecular complexity index is 994. The molecule has 0 saturated heterocycles. The van der Waals surface area contributed by atoms with Crippen LogP contribution in [0.5, 0.6) is 5.75 Å². The molecule has 1 aromatic heterocycles. The average molecular weight is 359 g/mol. The van der Waals surface area contributed by atoms with E-state index in [4.69, 9.17) is 4.74 Å². The van der Waals surface area contributed by atoms with Crippen LogP contribution in [-0.2, 0) is 12.8 Å². The van der Waals surface area contributed by atoms with Crippen molar-refractivity contribution in [1.29, 1.82) is 5.26 Å². The highest BCUT2D eigenvalue weighted by Gasteiger charge is 2.17. The molecule has 2 nitrogen and oxygen atoms in total. The number of hydrogen-bond acceptors (Lipinski definition) is 3. The molecule has 130 valence electrons. The monoisotopic (exact) mass is 359 g/mol. The van der Waals surface area contributed by atoms with Crippen LogP contribution in [0.1, 0.15) is 37.0 Å². The molecule has 1 heterocycles. The van der Waals surface area contributed by atoms with Gasteiger partial charge in [0.2, 0.25) is 0 Å². The largest absolute Gasteiger partial charge is 0.490 e. The molecule has 0 radical (unpaired) electrons. The van der Waals surface area contributed by atoms with Crippen LogP contribution >= 0.6 is 11.3 Å². The van der Waals surface area contributed by atoms with Gasteiger partial charge >= 0.3 is 0 Å². The average Bonchev–Trinajstić information content (AvgIpc) is 3.30. The zero-order valence-electron chi connectivity index (χ0n) is 15.1. The molecular formula is C23H21NOS. The quantitative estimate of drug-likeness (QED) is 0.553. The molecular weight excluding hydrogens is 338 g/mol. The SMILES string of the molecule is CC(C)Oc1ccc(-c2csc(-c3cccc4c3CCC4)c2)cc1C#N. The van der Waals surface area contributed by atoms with E-state index in [1.165, 1.54) is 40.8 Å². The van der Waals surface area contributed by atoms with E-state index < -0.39 is 0 Å². The molecule has 0 N–H and O–H groups in total. The fourth-order valence-electron chi connectivity index (χ4n) is 3.63. The lowest BCUT2D eigenvalue weighted by Gasteiger charge is -2.11. The van der Waals surface area contributed by atoms with Crippen LogP contribution in [0.3, 0.4) is 0 Å². The van der Waals surface area contributed by atoms with Crippen molar-refractivity contribution in [1.82, 2.24) is 0 Å². The third-order valence-corrected chi connectivity index (χ3v) is 5.77. The lowest BCUT2D eigenvalue weighted by molar-refractivity contribution is 0.242. The predicted octanol–water partition coefficient (Wildman–Crippen LogP) is 6.23. The zero-order valence-corrected chi connectivity index (χ0v) is 15.9. The minimum atomic E-state index is 0.0564. The molecule has 0 fully saturated rings. The standard InChI is InChI=1S/C23H21NOS/c1-15(2)25-22-10-9-17(11-18(22)13-24)19-12-23(26-14-19)21-8-4-6-16-5-3-7-20(16)21/h4,6,8-12,14-15H,3,5,7H2,1-2H3. The molecule has 0 amide bonds.